The minimum absolute atomic E-state index is 0.0354. The largest absolute Gasteiger partial charge is 0.302 e. The van der Waals surface area contributed by atoms with Crippen molar-refractivity contribution >= 4 is 48.5 Å². The van der Waals surface area contributed by atoms with Crippen LogP contribution in [-0.4, -0.2) is 10.9 Å². The van der Waals surface area contributed by atoms with E-state index in [0.717, 1.165) is 25.8 Å². The van der Waals surface area contributed by atoms with E-state index in [0.29, 0.717) is 11.6 Å². The number of aryl methyl sites for hydroxylation is 2. The van der Waals surface area contributed by atoms with Gasteiger partial charge in [0.05, 0.1) is 16.6 Å². The molecule has 1 amide bonds. The van der Waals surface area contributed by atoms with Crippen molar-refractivity contribution < 1.29 is 4.79 Å². The van der Waals surface area contributed by atoms with Crippen molar-refractivity contribution in [3.63, 3.8) is 0 Å². The number of fused-ring (bicyclic) bond motifs is 1. The number of hydrogen-bond donors (Lipinski definition) is 1. The number of nitrogens with zero attached hydrogens (tertiary/aromatic N) is 1. The Hall–Kier alpha value is -1.72. The molecule has 22 heavy (non-hydrogen) atoms. The minimum atomic E-state index is -0.0354. The van der Waals surface area contributed by atoms with Gasteiger partial charge in [-0.25, -0.2) is 4.98 Å². The Bertz CT molecular complexity index is 857. The van der Waals surface area contributed by atoms with Crippen molar-refractivity contribution in [3.05, 3.63) is 57.6 Å². The number of hydrogen-bond acceptors (Lipinski definition) is 3. The van der Waals surface area contributed by atoms with Gasteiger partial charge in [-0.2, -0.15) is 0 Å². The van der Waals surface area contributed by atoms with Crippen LogP contribution in [0.15, 0.2) is 40.9 Å². The number of amides is 1. The molecule has 0 aliphatic rings. The molecule has 1 N–H and O–H groups in total. The van der Waals surface area contributed by atoms with E-state index in [4.69, 9.17) is 0 Å². The highest BCUT2D eigenvalue weighted by Gasteiger charge is 2.10. The van der Waals surface area contributed by atoms with Crippen LogP contribution in [0.5, 0.6) is 0 Å². The Balaban J connectivity index is 1.76. The first-order valence-corrected chi connectivity index (χ1v) is 8.54. The molecule has 0 saturated carbocycles. The fourth-order valence-corrected chi connectivity index (χ4v) is 3.71. The lowest BCUT2D eigenvalue weighted by atomic mass is 10.0. The van der Waals surface area contributed by atoms with Gasteiger partial charge in [-0.05, 0) is 43.2 Å². The molecule has 0 fully saturated rings. The Kier molecular flexibility index (Phi) is 4.27. The zero-order chi connectivity index (χ0) is 15.7. The molecular formula is C17H15BrN2OS. The molecule has 2 aromatic carbocycles. The quantitative estimate of drug-likeness (QED) is 0.711. The van der Waals surface area contributed by atoms with Crippen LogP contribution in [0.25, 0.3) is 10.2 Å². The smallest absolute Gasteiger partial charge is 0.230 e. The topological polar surface area (TPSA) is 42.0 Å². The fourth-order valence-electron chi connectivity index (χ4n) is 2.28. The first kappa shape index (κ1) is 15.2. The van der Waals surface area contributed by atoms with Crippen LogP contribution in [-0.2, 0) is 11.2 Å². The van der Waals surface area contributed by atoms with E-state index in [1.807, 2.05) is 38.1 Å². The molecule has 1 heterocycles. The Morgan fingerprint density at radius 1 is 1.23 bits per heavy atom. The molecule has 0 spiro atoms. The Morgan fingerprint density at radius 3 is 2.86 bits per heavy atom. The number of carbonyl (C=O) groups excluding carboxylic acids is 1. The Morgan fingerprint density at radius 2 is 2.05 bits per heavy atom. The second kappa shape index (κ2) is 6.18. The number of thiazole rings is 1. The molecule has 0 unspecified atom stereocenters. The number of anilines is 1. The third-order valence-corrected chi connectivity index (χ3v) is 4.88. The monoisotopic (exact) mass is 374 g/mol. The summed E-state index contributed by atoms with van der Waals surface area (Å²) in [5, 5.41) is 3.54. The number of halogens is 1. The zero-order valence-corrected chi connectivity index (χ0v) is 14.7. The second-order valence-electron chi connectivity index (χ2n) is 5.29. The number of nitrogens with one attached hydrogen (secondary N) is 1. The molecule has 112 valence electrons. The molecule has 0 bridgehead atoms. The van der Waals surface area contributed by atoms with Crippen LogP contribution in [0.4, 0.5) is 5.13 Å². The van der Waals surface area contributed by atoms with Gasteiger partial charge in [-0.15, -0.1) is 0 Å². The number of carbonyl (C=O) groups is 1. The van der Waals surface area contributed by atoms with E-state index in [2.05, 4.69) is 38.4 Å². The molecule has 0 atom stereocenters. The molecule has 3 rings (SSSR count). The predicted molar refractivity (Wildman–Crippen MR) is 95.6 cm³/mol. The van der Waals surface area contributed by atoms with Crippen molar-refractivity contribution in [2.45, 2.75) is 20.3 Å². The van der Waals surface area contributed by atoms with Gasteiger partial charge in [-0.1, -0.05) is 51.0 Å². The predicted octanol–water partition coefficient (Wildman–Crippen LogP) is 4.86. The third kappa shape index (κ3) is 3.36. The molecule has 0 saturated heterocycles. The van der Waals surface area contributed by atoms with E-state index in [1.165, 1.54) is 16.9 Å². The van der Waals surface area contributed by atoms with Crippen molar-refractivity contribution in [2.75, 3.05) is 5.32 Å². The number of benzene rings is 2. The maximum absolute atomic E-state index is 12.2. The standard InChI is InChI=1S/C17H15BrN2OS/c1-10-3-4-11(2)12(7-10)8-16(21)20-17-19-14-6-5-13(18)9-15(14)22-17/h3-7,9H,8H2,1-2H3,(H,19,20,21). The summed E-state index contributed by atoms with van der Waals surface area (Å²) < 4.78 is 2.06. The molecular weight excluding hydrogens is 360 g/mol. The highest BCUT2D eigenvalue weighted by molar-refractivity contribution is 9.10. The SMILES string of the molecule is Cc1ccc(C)c(CC(=O)Nc2nc3ccc(Br)cc3s2)c1. The van der Waals surface area contributed by atoms with Crippen molar-refractivity contribution in [2.24, 2.45) is 0 Å². The van der Waals surface area contributed by atoms with Crippen LogP contribution in [0, 0.1) is 13.8 Å². The Labute approximate surface area is 141 Å². The number of rotatable bonds is 3. The van der Waals surface area contributed by atoms with Gasteiger partial charge >= 0.3 is 0 Å². The molecule has 5 heteroatoms. The first-order valence-electron chi connectivity index (χ1n) is 6.93. The third-order valence-electron chi connectivity index (χ3n) is 3.45. The van der Waals surface area contributed by atoms with Crippen LogP contribution in [0.3, 0.4) is 0 Å². The average molecular weight is 375 g/mol. The van der Waals surface area contributed by atoms with Gasteiger partial charge in [0.15, 0.2) is 5.13 Å². The lowest BCUT2D eigenvalue weighted by molar-refractivity contribution is -0.115. The van der Waals surface area contributed by atoms with Crippen LogP contribution >= 0.6 is 27.3 Å². The van der Waals surface area contributed by atoms with Crippen molar-refractivity contribution in [1.82, 2.24) is 4.98 Å². The van der Waals surface area contributed by atoms with E-state index >= 15 is 0 Å². The summed E-state index contributed by atoms with van der Waals surface area (Å²) in [5.74, 6) is -0.0354. The summed E-state index contributed by atoms with van der Waals surface area (Å²) >= 11 is 4.93. The van der Waals surface area contributed by atoms with Crippen molar-refractivity contribution in [3.8, 4) is 0 Å². The highest BCUT2D eigenvalue weighted by Crippen LogP contribution is 2.28. The maximum Gasteiger partial charge on any atom is 0.230 e. The molecule has 0 radical (unpaired) electrons. The summed E-state index contributed by atoms with van der Waals surface area (Å²) in [5.41, 5.74) is 4.25. The molecule has 3 aromatic rings. The average Bonchev–Trinajstić information content (AvgIpc) is 2.84. The highest BCUT2D eigenvalue weighted by atomic mass is 79.9. The van der Waals surface area contributed by atoms with Gasteiger partial charge < -0.3 is 5.32 Å². The molecule has 0 aliphatic heterocycles. The van der Waals surface area contributed by atoms with Gasteiger partial charge in [0.2, 0.25) is 5.91 Å². The van der Waals surface area contributed by atoms with E-state index in [9.17, 15) is 4.79 Å². The summed E-state index contributed by atoms with van der Waals surface area (Å²) in [4.78, 5) is 16.7. The second-order valence-corrected chi connectivity index (χ2v) is 7.23. The van der Waals surface area contributed by atoms with Crippen LogP contribution in [0.1, 0.15) is 16.7 Å². The van der Waals surface area contributed by atoms with E-state index in [-0.39, 0.29) is 5.91 Å². The van der Waals surface area contributed by atoms with Crippen LogP contribution < -0.4 is 5.32 Å². The van der Waals surface area contributed by atoms with Gasteiger partial charge in [0, 0.05) is 4.47 Å². The van der Waals surface area contributed by atoms with Gasteiger partial charge in [0.1, 0.15) is 0 Å². The zero-order valence-electron chi connectivity index (χ0n) is 12.3. The van der Waals surface area contributed by atoms with Crippen molar-refractivity contribution in [1.29, 1.82) is 0 Å². The molecule has 0 aliphatic carbocycles. The van der Waals surface area contributed by atoms with E-state index < -0.39 is 0 Å². The maximum atomic E-state index is 12.2. The summed E-state index contributed by atoms with van der Waals surface area (Å²) in [6.07, 6.45) is 0.368. The molecule has 3 nitrogen and oxygen atoms in total. The van der Waals surface area contributed by atoms with Crippen LogP contribution in [0.2, 0.25) is 0 Å². The summed E-state index contributed by atoms with van der Waals surface area (Å²) in [6, 6.07) is 12.1. The normalized spacial score (nSPS) is 10.9. The lowest BCUT2D eigenvalue weighted by Crippen LogP contribution is -2.14. The van der Waals surface area contributed by atoms with Gasteiger partial charge in [-0.3, -0.25) is 4.79 Å². The lowest BCUT2D eigenvalue weighted by Gasteiger charge is -2.06. The molecule has 1 aromatic heterocycles. The first-order chi connectivity index (χ1) is 10.5. The van der Waals surface area contributed by atoms with Gasteiger partial charge in [0.25, 0.3) is 0 Å². The minimum Gasteiger partial charge on any atom is -0.302 e. The van der Waals surface area contributed by atoms with E-state index in [1.54, 1.807) is 0 Å². The number of aromatic nitrogens is 1. The summed E-state index contributed by atoms with van der Waals surface area (Å²) in [6.45, 7) is 4.06. The fraction of sp³-hybridized carbons (Fsp3) is 0.176. The summed E-state index contributed by atoms with van der Waals surface area (Å²) in [7, 11) is 0.